The van der Waals surface area contributed by atoms with E-state index in [-0.39, 0.29) is 12.0 Å². The van der Waals surface area contributed by atoms with E-state index in [1.807, 2.05) is 54.7 Å². The Morgan fingerprint density at radius 2 is 1.88 bits per heavy atom. The van der Waals surface area contributed by atoms with Crippen molar-refractivity contribution in [2.45, 2.75) is 36.8 Å². The minimum Gasteiger partial charge on any atom is -0.481 e. The third-order valence-corrected chi connectivity index (χ3v) is 8.18. The summed E-state index contributed by atoms with van der Waals surface area (Å²) in [5, 5.41) is 17.8. The molecule has 3 aromatic carbocycles. The number of ether oxygens (including phenoxy) is 1. The summed E-state index contributed by atoms with van der Waals surface area (Å²) in [6, 6.07) is 30.6. The number of rotatable bonds is 7. The molecular weight excluding hydrogens is 518 g/mol. The van der Waals surface area contributed by atoms with Crippen molar-refractivity contribution >= 4 is 22.5 Å². The van der Waals surface area contributed by atoms with Crippen LogP contribution in [-0.4, -0.2) is 40.4 Å². The Morgan fingerprint density at radius 1 is 1.00 bits per heavy atom. The third-order valence-electron chi connectivity index (χ3n) is 7.94. The largest absolute Gasteiger partial charge is 0.481 e. The lowest BCUT2D eigenvalue weighted by molar-refractivity contribution is -0.0191. The van der Waals surface area contributed by atoms with Gasteiger partial charge in [0.2, 0.25) is 5.88 Å². The number of piperidine rings is 1. The first-order valence-electron chi connectivity index (χ1n) is 13.7. The van der Waals surface area contributed by atoms with Crippen LogP contribution in [0.3, 0.4) is 0 Å². The van der Waals surface area contributed by atoms with Crippen molar-refractivity contribution in [1.82, 2.24) is 15.3 Å². The topological polar surface area (TPSA) is 67.3 Å². The Bertz CT molecular complexity index is 1610. The van der Waals surface area contributed by atoms with E-state index in [9.17, 15) is 5.11 Å². The number of halogens is 1. The number of fused-ring (bicyclic) bond motifs is 1. The Kier molecular flexibility index (Phi) is 7.53. The van der Waals surface area contributed by atoms with Gasteiger partial charge in [0.1, 0.15) is 0 Å². The molecule has 3 heterocycles. The summed E-state index contributed by atoms with van der Waals surface area (Å²) >= 11 is 6.51. The monoisotopic (exact) mass is 549 g/mol. The average Bonchev–Trinajstić information content (AvgIpc) is 2.97. The number of hydrogen-bond donors (Lipinski definition) is 2. The predicted octanol–water partition coefficient (Wildman–Crippen LogP) is 6.82. The van der Waals surface area contributed by atoms with Gasteiger partial charge in [-0.25, -0.2) is 4.98 Å². The number of methoxy groups -OCH3 is 1. The van der Waals surface area contributed by atoms with E-state index < -0.39 is 5.60 Å². The molecule has 0 amide bonds. The quantitative estimate of drug-likeness (QED) is 0.233. The zero-order valence-corrected chi connectivity index (χ0v) is 23.2. The van der Waals surface area contributed by atoms with E-state index in [4.69, 9.17) is 21.3 Å². The summed E-state index contributed by atoms with van der Waals surface area (Å²) in [7, 11) is 1.64. The Labute approximate surface area is 239 Å². The second kappa shape index (κ2) is 11.4. The number of aromatic nitrogens is 2. The second-order valence-electron chi connectivity index (χ2n) is 10.6. The van der Waals surface area contributed by atoms with Crippen LogP contribution in [0, 0.1) is 0 Å². The van der Waals surface area contributed by atoms with Crippen LogP contribution in [0.5, 0.6) is 5.88 Å². The summed E-state index contributed by atoms with van der Waals surface area (Å²) < 4.78 is 5.88. The highest BCUT2D eigenvalue weighted by atomic mass is 35.5. The molecule has 2 unspecified atom stereocenters. The van der Waals surface area contributed by atoms with E-state index in [1.54, 1.807) is 13.3 Å². The van der Waals surface area contributed by atoms with Crippen molar-refractivity contribution in [1.29, 1.82) is 0 Å². The van der Waals surface area contributed by atoms with Crippen molar-refractivity contribution in [2.24, 2.45) is 0 Å². The highest BCUT2D eigenvalue weighted by Gasteiger charge is 2.44. The first kappa shape index (κ1) is 26.5. The maximum Gasteiger partial charge on any atom is 0.217 e. The molecule has 0 radical (unpaired) electrons. The first-order valence-corrected chi connectivity index (χ1v) is 14.0. The zero-order chi connectivity index (χ0) is 27.5. The minimum atomic E-state index is -1.04. The average molecular weight is 550 g/mol. The minimum absolute atomic E-state index is 0.124. The van der Waals surface area contributed by atoms with Crippen LogP contribution in [-0.2, 0) is 6.42 Å². The summed E-state index contributed by atoms with van der Waals surface area (Å²) in [5.74, 6) is 0.124. The Morgan fingerprint density at radius 3 is 2.65 bits per heavy atom. The Balaban J connectivity index is 1.46. The molecule has 5 nitrogen and oxygen atoms in total. The third kappa shape index (κ3) is 5.46. The second-order valence-corrected chi connectivity index (χ2v) is 11.1. The van der Waals surface area contributed by atoms with Gasteiger partial charge < -0.3 is 15.2 Å². The molecule has 0 aliphatic carbocycles. The first-order chi connectivity index (χ1) is 19.5. The fourth-order valence-corrected chi connectivity index (χ4v) is 6.32. The zero-order valence-electron chi connectivity index (χ0n) is 22.4. The van der Waals surface area contributed by atoms with Gasteiger partial charge >= 0.3 is 0 Å². The summed E-state index contributed by atoms with van der Waals surface area (Å²) in [6.07, 6.45) is 5.64. The summed E-state index contributed by atoms with van der Waals surface area (Å²) in [6.45, 7) is 0.708. The van der Waals surface area contributed by atoms with Crippen molar-refractivity contribution in [3.05, 3.63) is 125 Å². The fraction of sp³-hybridized carbons (Fsp3) is 0.235. The van der Waals surface area contributed by atoms with Crippen LogP contribution in [0.15, 0.2) is 103 Å². The van der Waals surface area contributed by atoms with Crippen molar-refractivity contribution < 1.29 is 9.84 Å². The molecule has 5 aromatic rings. The predicted molar refractivity (Wildman–Crippen MR) is 161 cm³/mol. The van der Waals surface area contributed by atoms with Crippen LogP contribution in [0.2, 0.25) is 5.02 Å². The van der Waals surface area contributed by atoms with E-state index in [1.165, 1.54) is 5.56 Å². The molecule has 2 N–H and O–H groups in total. The molecule has 1 saturated heterocycles. The fourth-order valence-electron chi connectivity index (χ4n) is 6.12. The van der Waals surface area contributed by atoms with E-state index in [2.05, 4.69) is 52.8 Å². The summed E-state index contributed by atoms with van der Waals surface area (Å²) in [4.78, 5) is 9.19. The van der Waals surface area contributed by atoms with E-state index in [0.717, 1.165) is 39.6 Å². The molecule has 6 heteroatoms. The van der Waals surface area contributed by atoms with Gasteiger partial charge in [0, 0.05) is 45.9 Å². The molecule has 1 aliphatic heterocycles. The summed E-state index contributed by atoms with van der Waals surface area (Å²) in [5.41, 5.74) is 4.92. The van der Waals surface area contributed by atoms with Crippen LogP contribution in [0.25, 0.3) is 22.0 Å². The number of pyridine rings is 2. The normalized spacial score (nSPS) is 19.8. The molecule has 6 rings (SSSR count). The van der Waals surface area contributed by atoms with Gasteiger partial charge in [-0.15, -0.1) is 0 Å². The van der Waals surface area contributed by atoms with Gasteiger partial charge in [-0.2, -0.15) is 0 Å². The van der Waals surface area contributed by atoms with Gasteiger partial charge in [0.05, 0.1) is 18.2 Å². The maximum atomic E-state index is 12.5. The standard InChI is InChI=1S/C34H32ClN3O2/c1-40-33-30(20-27-18-24(12-13-31(27)38-33)26-10-6-15-36-22-26)32(25-9-5-11-28(35)19-25)34(39)14-16-37-29(21-34)17-23-7-3-2-4-8-23/h2-13,15,18-20,22,29,32,37,39H,14,16-17,21H2,1H3/t29-,32?,34?/m1/s1. The van der Waals surface area contributed by atoms with E-state index >= 15 is 0 Å². The Hall–Kier alpha value is -3.77. The lowest BCUT2D eigenvalue weighted by atomic mass is 9.70. The van der Waals surface area contributed by atoms with Crippen molar-refractivity contribution in [3.63, 3.8) is 0 Å². The molecule has 0 saturated carbocycles. The molecule has 0 spiro atoms. The van der Waals surface area contributed by atoms with Crippen LogP contribution >= 0.6 is 11.6 Å². The van der Waals surface area contributed by atoms with Gasteiger partial charge in [-0.1, -0.05) is 66.2 Å². The number of nitrogens with one attached hydrogen (secondary N) is 1. The SMILES string of the molecule is COc1nc2ccc(-c3cccnc3)cc2cc1C(c1cccc(Cl)c1)C1(O)CCN[C@H](Cc2ccccc2)C1. The molecule has 1 aliphatic rings. The lowest BCUT2D eigenvalue weighted by Gasteiger charge is -2.43. The van der Waals surface area contributed by atoms with Crippen molar-refractivity contribution in [3.8, 4) is 17.0 Å². The van der Waals surface area contributed by atoms with Gasteiger partial charge in [-0.3, -0.25) is 4.98 Å². The number of benzene rings is 3. The molecule has 40 heavy (non-hydrogen) atoms. The van der Waals surface area contributed by atoms with Crippen LogP contribution in [0.4, 0.5) is 0 Å². The molecule has 202 valence electrons. The molecule has 1 fully saturated rings. The van der Waals surface area contributed by atoms with Crippen molar-refractivity contribution in [2.75, 3.05) is 13.7 Å². The van der Waals surface area contributed by atoms with Gasteiger partial charge in [0.25, 0.3) is 0 Å². The number of aliphatic hydroxyl groups is 1. The van der Waals surface area contributed by atoms with E-state index in [0.29, 0.717) is 30.3 Å². The highest BCUT2D eigenvalue weighted by molar-refractivity contribution is 6.30. The smallest absolute Gasteiger partial charge is 0.217 e. The number of hydrogen-bond acceptors (Lipinski definition) is 5. The van der Waals surface area contributed by atoms with Crippen LogP contribution < -0.4 is 10.1 Å². The molecule has 3 atom stereocenters. The lowest BCUT2D eigenvalue weighted by Crippen LogP contribution is -2.52. The molecular formula is C34H32ClN3O2. The van der Waals surface area contributed by atoms with Gasteiger partial charge in [-0.05, 0) is 78.9 Å². The highest BCUT2D eigenvalue weighted by Crippen LogP contribution is 2.46. The van der Waals surface area contributed by atoms with Crippen LogP contribution in [0.1, 0.15) is 35.4 Å². The number of nitrogens with zero attached hydrogens (tertiary/aromatic N) is 2. The molecule has 0 bridgehead atoms. The molecule has 2 aromatic heterocycles. The van der Waals surface area contributed by atoms with Gasteiger partial charge in [0.15, 0.2) is 0 Å². The maximum absolute atomic E-state index is 12.5.